The number of thiocarbonyl (C=S) groups is 1. The van der Waals surface area contributed by atoms with Gasteiger partial charge >= 0.3 is 0 Å². The quantitative estimate of drug-likeness (QED) is 0.329. The number of piperidine rings is 2. The molecule has 1 aromatic heterocycles. The Labute approximate surface area is 331 Å². The van der Waals surface area contributed by atoms with Crippen molar-refractivity contribution in [1.82, 2.24) is 20.1 Å². The molecule has 1 spiro atoms. The van der Waals surface area contributed by atoms with Crippen LogP contribution in [0.15, 0.2) is 67.0 Å². The van der Waals surface area contributed by atoms with Crippen LogP contribution in [-0.4, -0.2) is 100 Å². The highest BCUT2D eigenvalue weighted by Gasteiger charge is 2.59. The lowest BCUT2D eigenvalue weighted by molar-refractivity contribution is -0.126. The lowest BCUT2D eigenvalue weighted by Gasteiger charge is -2.43. The van der Waals surface area contributed by atoms with Crippen LogP contribution in [0.3, 0.4) is 0 Å². The number of nitrogens with one attached hydrogen (secondary N) is 1. The summed E-state index contributed by atoms with van der Waals surface area (Å²) in [6, 6.07) is 17.3. The number of aromatic hydroxyl groups is 1. The number of hydrogen-bond donors (Lipinski definition) is 2. The van der Waals surface area contributed by atoms with Crippen molar-refractivity contribution >= 4 is 57.8 Å². The molecule has 1 atom stereocenters. The number of benzene rings is 2. The summed E-state index contributed by atoms with van der Waals surface area (Å²) in [4.78, 5) is 56.4. The second-order valence-corrected chi connectivity index (χ2v) is 16.3. The van der Waals surface area contributed by atoms with Crippen LogP contribution >= 0.6 is 12.2 Å². The number of piperazine rings is 1. The number of anilines is 4. The van der Waals surface area contributed by atoms with Crippen LogP contribution in [0.1, 0.15) is 66.6 Å². The highest BCUT2D eigenvalue weighted by molar-refractivity contribution is 7.81. The van der Waals surface area contributed by atoms with Crippen molar-refractivity contribution in [3.05, 3.63) is 83.8 Å². The molecule has 288 valence electrons. The van der Waals surface area contributed by atoms with Crippen LogP contribution in [-0.2, 0) is 16.1 Å². The van der Waals surface area contributed by atoms with Gasteiger partial charge in [0.25, 0.3) is 11.8 Å². The minimum absolute atomic E-state index is 0.0578. The summed E-state index contributed by atoms with van der Waals surface area (Å²) in [6.07, 6.45) is 7.26. The fourth-order valence-corrected chi connectivity index (χ4v) is 9.89. The van der Waals surface area contributed by atoms with Crippen molar-refractivity contribution in [2.75, 3.05) is 65.4 Å². The molecule has 13 nitrogen and oxygen atoms in total. The zero-order chi connectivity index (χ0) is 38.7. The Morgan fingerprint density at radius 1 is 0.911 bits per heavy atom. The predicted octanol–water partition coefficient (Wildman–Crippen LogP) is 4.51. The first kappa shape index (κ1) is 36.1. The molecule has 1 saturated carbocycles. The predicted molar refractivity (Wildman–Crippen MR) is 216 cm³/mol. The summed E-state index contributed by atoms with van der Waals surface area (Å²) >= 11 is 5.89. The van der Waals surface area contributed by atoms with Crippen molar-refractivity contribution in [2.24, 2.45) is 5.92 Å². The summed E-state index contributed by atoms with van der Waals surface area (Å²) < 4.78 is 0. The highest BCUT2D eigenvalue weighted by atomic mass is 32.1. The molecule has 14 heteroatoms. The number of hydrogen-bond acceptors (Lipinski definition) is 10. The Morgan fingerprint density at radius 3 is 2.27 bits per heavy atom. The second-order valence-electron chi connectivity index (χ2n) is 16.0. The number of amides is 3. The van der Waals surface area contributed by atoms with Crippen molar-refractivity contribution < 1.29 is 19.5 Å². The number of nitriles is 1. The first-order valence-electron chi connectivity index (χ1n) is 19.7. The molecular formula is C42H45N9O4S. The van der Waals surface area contributed by atoms with E-state index in [1.54, 1.807) is 4.90 Å². The van der Waals surface area contributed by atoms with E-state index < -0.39 is 11.6 Å². The van der Waals surface area contributed by atoms with E-state index in [0.29, 0.717) is 60.2 Å². The summed E-state index contributed by atoms with van der Waals surface area (Å²) in [7, 11) is 0. The van der Waals surface area contributed by atoms with Crippen LogP contribution in [0.25, 0.3) is 0 Å². The molecule has 5 aliphatic heterocycles. The van der Waals surface area contributed by atoms with Crippen LogP contribution in [0.2, 0.25) is 0 Å². The zero-order valence-corrected chi connectivity index (χ0v) is 32.1. The summed E-state index contributed by atoms with van der Waals surface area (Å²) in [6.45, 7) is 11.2. The molecule has 6 aliphatic rings. The van der Waals surface area contributed by atoms with Gasteiger partial charge in [-0.15, -0.1) is 0 Å². The first-order chi connectivity index (χ1) is 27.1. The van der Waals surface area contributed by atoms with E-state index in [1.165, 1.54) is 17.2 Å². The lowest BCUT2D eigenvalue weighted by atomic mass is 9.75. The average molecular weight is 772 g/mol. The maximum atomic E-state index is 13.8. The van der Waals surface area contributed by atoms with Crippen LogP contribution in [0.4, 0.5) is 22.7 Å². The SMILES string of the molecule is C=C1CCC(N2Cc3ccc(N4CCN(CC5CCN(c6ccc(N7C(=S)N(c8cnc(C#N)c(O)c8)C(=O)C78CCC8)cc6)CC5)CC4)cc3C2=O)C(=O)N1. The second kappa shape index (κ2) is 14.2. The van der Waals surface area contributed by atoms with E-state index in [4.69, 9.17) is 12.2 Å². The van der Waals surface area contributed by atoms with Gasteiger partial charge in [-0.05, 0) is 105 Å². The van der Waals surface area contributed by atoms with Crippen molar-refractivity contribution in [1.29, 1.82) is 5.26 Å². The Balaban J connectivity index is 0.773. The lowest BCUT2D eigenvalue weighted by Crippen LogP contribution is -2.55. The first-order valence-corrected chi connectivity index (χ1v) is 20.1. The molecule has 6 heterocycles. The van der Waals surface area contributed by atoms with Crippen LogP contribution < -0.4 is 24.9 Å². The number of carbonyl (C=O) groups excluding carboxylic acids is 3. The minimum Gasteiger partial charge on any atom is -0.505 e. The molecule has 3 aromatic rings. The topological polar surface area (TPSA) is 140 Å². The van der Waals surface area contributed by atoms with Gasteiger partial charge in [-0.2, -0.15) is 5.26 Å². The van der Waals surface area contributed by atoms with E-state index in [1.807, 2.05) is 17.0 Å². The van der Waals surface area contributed by atoms with Gasteiger partial charge in [0.15, 0.2) is 16.6 Å². The van der Waals surface area contributed by atoms with Crippen LogP contribution in [0.5, 0.6) is 5.75 Å². The normalized spacial score (nSPS) is 22.8. The largest absolute Gasteiger partial charge is 0.505 e. The number of pyridine rings is 1. The molecule has 2 N–H and O–H groups in total. The molecule has 1 aliphatic carbocycles. The monoisotopic (exact) mass is 771 g/mol. The number of carbonyl (C=O) groups is 3. The molecule has 2 aromatic carbocycles. The Hall–Kier alpha value is -5.52. The number of aromatic nitrogens is 1. The molecular weight excluding hydrogens is 727 g/mol. The molecule has 1 unspecified atom stereocenters. The van der Waals surface area contributed by atoms with Crippen molar-refractivity contribution in [3.63, 3.8) is 0 Å². The van der Waals surface area contributed by atoms with Gasteiger partial charge in [-0.1, -0.05) is 12.6 Å². The van der Waals surface area contributed by atoms with E-state index in [2.05, 4.69) is 68.0 Å². The number of fused-ring (bicyclic) bond motifs is 1. The van der Waals surface area contributed by atoms with Crippen LogP contribution in [0, 0.1) is 17.2 Å². The molecule has 0 radical (unpaired) electrons. The van der Waals surface area contributed by atoms with E-state index >= 15 is 0 Å². The summed E-state index contributed by atoms with van der Waals surface area (Å²) in [5.41, 5.74) is 5.02. The number of allylic oxidation sites excluding steroid dienone is 1. The Morgan fingerprint density at radius 2 is 1.61 bits per heavy atom. The fraction of sp³-hybridized carbons (Fsp3) is 0.429. The van der Waals surface area contributed by atoms with Gasteiger partial charge in [0, 0.05) is 86.7 Å². The number of nitrogens with zero attached hydrogens (tertiary/aromatic N) is 8. The smallest absolute Gasteiger partial charge is 0.259 e. The van der Waals surface area contributed by atoms with Gasteiger partial charge in [0.2, 0.25) is 5.91 Å². The Kier molecular flexibility index (Phi) is 9.17. The molecule has 3 amide bonds. The molecule has 0 bridgehead atoms. The van der Waals surface area contributed by atoms with Gasteiger partial charge in [-0.25, -0.2) is 4.98 Å². The van der Waals surface area contributed by atoms with E-state index in [9.17, 15) is 24.8 Å². The number of rotatable bonds is 7. The van der Waals surface area contributed by atoms with Gasteiger partial charge in [0.1, 0.15) is 17.6 Å². The van der Waals surface area contributed by atoms with Gasteiger partial charge < -0.3 is 30.0 Å². The third-order valence-electron chi connectivity index (χ3n) is 12.8. The maximum absolute atomic E-state index is 13.8. The molecule has 56 heavy (non-hydrogen) atoms. The summed E-state index contributed by atoms with van der Waals surface area (Å²) in [5.74, 6) is 0.0246. The molecule has 5 fully saturated rings. The fourth-order valence-electron chi connectivity index (χ4n) is 9.42. The van der Waals surface area contributed by atoms with Gasteiger partial charge in [-0.3, -0.25) is 24.2 Å². The maximum Gasteiger partial charge on any atom is 0.259 e. The third kappa shape index (κ3) is 6.13. The molecule has 4 saturated heterocycles. The Bertz CT molecular complexity index is 2170. The summed E-state index contributed by atoms with van der Waals surface area (Å²) in [5, 5.41) is 22.6. The van der Waals surface area contributed by atoms with Crippen molar-refractivity contribution in [2.45, 2.75) is 63.1 Å². The van der Waals surface area contributed by atoms with Gasteiger partial charge in [0.05, 0.1) is 11.9 Å². The minimum atomic E-state index is -0.750. The van der Waals surface area contributed by atoms with E-state index in [0.717, 1.165) is 87.7 Å². The van der Waals surface area contributed by atoms with E-state index in [-0.39, 0.29) is 29.2 Å². The van der Waals surface area contributed by atoms with Crippen molar-refractivity contribution in [3.8, 4) is 11.8 Å². The standard InChI is InChI=1S/C42H45N9O4S/c1-27-3-10-36(38(53)45-27)49-26-29-4-5-32(21-34(29)39(49)54)48-19-17-46(18-20-48)25-28-11-15-47(16-12-28)30-6-8-31(9-7-30)51-41(56)50(40(55)42(51)13-2-14-42)33-22-37(52)35(23-43)44-24-33/h4-9,21-22,24,28,36,52H,1-3,10-20,25-26H2,(H,45,53). The molecule has 9 rings (SSSR count). The highest BCUT2D eigenvalue weighted by Crippen LogP contribution is 2.48. The zero-order valence-electron chi connectivity index (χ0n) is 31.3. The third-order valence-corrected chi connectivity index (χ3v) is 13.1. The average Bonchev–Trinajstić information content (AvgIpc) is 3.64.